The van der Waals surface area contributed by atoms with E-state index in [-0.39, 0.29) is 12.4 Å². The third-order valence-electron chi connectivity index (χ3n) is 2.78. The van der Waals surface area contributed by atoms with Crippen molar-refractivity contribution in [2.75, 3.05) is 26.7 Å². The van der Waals surface area contributed by atoms with Crippen LogP contribution in [0.2, 0.25) is 0 Å². The summed E-state index contributed by atoms with van der Waals surface area (Å²) >= 11 is 2.23. The zero-order chi connectivity index (χ0) is 13.4. The highest BCUT2D eigenvalue weighted by Crippen LogP contribution is 2.08. The Bertz CT molecular complexity index is 365. The van der Waals surface area contributed by atoms with Gasteiger partial charge in [0.25, 0.3) is 0 Å². The Morgan fingerprint density at radius 3 is 2.50 bits per heavy atom. The molecule has 0 aromatic heterocycles. The first-order valence-corrected chi connectivity index (χ1v) is 7.29. The Morgan fingerprint density at radius 2 is 1.89 bits per heavy atom. The van der Waals surface area contributed by atoms with Gasteiger partial charge in [-0.05, 0) is 67.6 Å². The van der Waals surface area contributed by atoms with Crippen LogP contribution in [0.1, 0.15) is 29.6 Å². The molecule has 0 aliphatic carbocycles. The lowest BCUT2D eigenvalue weighted by Crippen LogP contribution is -2.27. The molecule has 0 heterocycles. The van der Waals surface area contributed by atoms with Crippen LogP contribution in [0.25, 0.3) is 0 Å². The van der Waals surface area contributed by atoms with Crippen LogP contribution in [-0.4, -0.2) is 42.5 Å². The molecule has 0 amide bonds. The summed E-state index contributed by atoms with van der Waals surface area (Å²) in [6.07, 6.45) is 2.88. The summed E-state index contributed by atoms with van der Waals surface area (Å²) in [7, 11) is 1.96. The minimum Gasteiger partial charge on any atom is -0.396 e. The van der Waals surface area contributed by atoms with Crippen molar-refractivity contribution in [3.05, 3.63) is 33.4 Å². The molecule has 18 heavy (non-hydrogen) atoms. The number of Topliss-reactive ketones (excluding diaryl/α,β-unsaturated/α-hetero) is 1. The summed E-state index contributed by atoms with van der Waals surface area (Å²) in [6.45, 7) is 1.61. The Hall–Kier alpha value is -0.460. The monoisotopic (exact) mass is 361 g/mol. The summed E-state index contributed by atoms with van der Waals surface area (Å²) in [4.78, 5) is 14.0. The lowest BCUT2D eigenvalue weighted by Gasteiger charge is -2.15. The summed E-state index contributed by atoms with van der Waals surface area (Å²) < 4.78 is 1.14. The van der Waals surface area contributed by atoms with Crippen LogP contribution in [0.15, 0.2) is 24.3 Å². The molecular weight excluding hydrogens is 341 g/mol. The molecule has 0 saturated carbocycles. The quantitative estimate of drug-likeness (QED) is 0.440. The molecule has 0 bridgehead atoms. The van der Waals surface area contributed by atoms with Gasteiger partial charge in [-0.3, -0.25) is 9.69 Å². The van der Waals surface area contributed by atoms with Crippen molar-refractivity contribution in [1.29, 1.82) is 0 Å². The molecule has 4 heteroatoms. The second kappa shape index (κ2) is 8.61. The van der Waals surface area contributed by atoms with Gasteiger partial charge in [-0.1, -0.05) is 12.1 Å². The Labute approximate surface area is 122 Å². The van der Waals surface area contributed by atoms with Gasteiger partial charge < -0.3 is 5.11 Å². The van der Waals surface area contributed by atoms with Crippen molar-refractivity contribution in [3.8, 4) is 0 Å². The minimum atomic E-state index is 0.163. The SMILES string of the molecule is CN(CCCCCO)CC(=O)c1ccc(I)cc1. The third kappa shape index (κ3) is 5.93. The van der Waals surface area contributed by atoms with Gasteiger partial charge in [0.1, 0.15) is 0 Å². The topological polar surface area (TPSA) is 40.5 Å². The van der Waals surface area contributed by atoms with Gasteiger partial charge in [0.2, 0.25) is 0 Å². The number of unbranched alkanes of at least 4 members (excludes halogenated alkanes) is 2. The summed E-state index contributed by atoms with van der Waals surface area (Å²) in [5, 5.41) is 8.68. The molecule has 0 aliphatic rings. The van der Waals surface area contributed by atoms with E-state index in [1.165, 1.54) is 0 Å². The predicted molar refractivity (Wildman–Crippen MR) is 81.9 cm³/mol. The van der Waals surface area contributed by atoms with Crippen LogP contribution >= 0.6 is 22.6 Å². The zero-order valence-corrected chi connectivity index (χ0v) is 12.9. The summed E-state index contributed by atoms with van der Waals surface area (Å²) in [5.41, 5.74) is 0.776. The van der Waals surface area contributed by atoms with E-state index in [9.17, 15) is 4.79 Å². The van der Waals surface area contributed by atoms with E-state index >= 15 is 0 Å². The maximum atomic E-state index is 12.0. The van der Waals surface area contributed by atoms with Crippen molar-refractivity contribution in [1.82, 2.24) is 4.90 Å². The van der Waals surface area contributed by atoms with E-state index in [1.807, 2.05) is 36.2 Å². The number of carbonyl (C=O) groups is 1. The van der Waals surface area contributed by atoms with Crippen molar-refractivity contribution < 1.29 is 9.90 Å². The highest BCUT2D eigenvalue weighted by atomic mass is 127. The van der Waals surface area contributed by atoms with Crippen LogP contribution < -0.4 is 0 Å². The molecule has 1 N–H and O–H groups in total. The van der Waals surface area contributed by atoms with E-state index in [1.54, 1.807) is 0 Å². The smallest absolute Gasteiger partial charge is 0.176 e. The van der Waals surface area contributed by atoms with E-state index in [4.69, 9.17) is 5.11 Å². The largest absolute Gasteiger partial charge is 0.396 e. The molecule has 1 aromatic rings. The highest BCUT2D eigenvalue weighted by Gasteiger charge is 2.08. The van der Waals surface area contributed by atoms with E-state index in [0.29, 0.717) is 6.54 Å². The fourth-order valence-corrected chi connectivity index (χ4v) is 2.08. The molecule has 1 rings (SSSR count). The molecule has 0 unspecified atom stereocenters. The molecule has 0 radical (unpaired) electrons. The van der Waals surface area contributed by atoms with Crippen molar-refractivity contribution in [2.45, 2.75) is 19.3 Å². The Kier molecular flexibility index (Phi) is 7.46. The number of nitrogens with zero attached hydrogens (tertiary/aromatic N) is 1. The number of halogens is 1. The molecule has 0 saturated heterocycles. The standard InChI is InChI=1S/C14H20INO2/c1-16(9-3-2-4-10-17)11-14(18)12-5-7-13(15)8-6-12/h5-8,17H,2-4,9-11H2,1H3. The van der Waals surface area contributed by atoms with Gasteiger partial charge in [-0.2, -0.15) is 0 Å². The number of benzene rings is 1. The van der Waals surface area contributed by atoms with Gasteiger partial charge in [0, 0.05) is 15.7 Å². The molecule has 0 fully saturated rings. The van der Waals surface area contributed by atoms with Crippen LogP contribution in [0.4, 0.5) is 0 Å². The second-order valence-corrected chi connectivity index (χ2v) is 5.70. The van der Waals surface area contributed by atoms with Gasteiger partial charge in [0.05, 0.1) is 6.54 Å². The number of likely N-dealkylation sites (N-methyl/N-ethyl adjacent to an activating group) is 1. The average Bonchev–Trinajstić information content (AvgIpc) is 2.35. The van der Waals surface area contributed by atoms with Gasteiger partial charge in [-0.15, -0.1) is 0 Å². The number of aliphatic hydroxyl groups is 1. The van der Waals surface area contributed by atoms with Gasteiger partial charge >= 0.3 is 0 Å². The van der Waals surface area contributed by atoms with Crippen molar-refractivity contribution >= 4 is 28.4 Å². The number of hydrogen-bond acceptors (Lipinski definition) is 3. The first kappa shape index (κ1) is 15.6. The summed E-state index contributed by atoms with van der Waals surface area (Å²) in [5.74, 6) is 0.163. The maximum absolute atomic E-state index is 12.0. The molecule has 0 spiro atoms. The fraction of sp³-hybridized carbons (Fsp3) is 0.500. The Morgan fingerprint density at radius 1 is 1.22 bits per heavy atom. The number of rotatable bonds is 8. The molecule has 3 nitrogen and oxygen atoms in total. The molecular formula is C14H20INO2. The molecule has 100 valence electrons. The maximum Gasteiger partial charge on any atom is 0.176 e. The predicted octanol–water partition coefficient (Wildman–Crippen LogP) is 2.57. The number of hydrogen-bond donors (Lipinski definition) is 1. The lowest BCUT2D eigenvalue weighted by atomic mass is 10.1. The number of carbonyl (C=O) groups excluding carboxylic acids is 1. The minimum absolute atomic E-state index is 0.163. The third-order valence-corrected chi connectivity index (χ3v) is 3.50. The zero-order valence-electron chi connectivity index (χ0n) is 10.7. The van der Waals surface area contributed by atoms with Crippen LogP contribution in [0.3, 0.4) is 0 Å². The van der Waals surface area contributed by atoms with E-state index < -0.39 is 0 Å². The van der Waals surface area contributed by atoms with Crippen molar-refractivity contribution in [3.63, 3.8) is 0 Å². The first-order chi connectivity index (χ1) is 8.63. The van der Waals surface area contributed by atoms with Crippen molar-refractivity contribution in [2.24, 2.45) is 0 Å². The normalized spacial score (nSPS) is 10.9. The lowest BCUT2D eigenvalue weighted by molar-refractivity contribution is 0.0945. The molecule has 0 aliphatic heterocycles. The van der Waals surface area contributed by atoms with E-state index in [2.05, 4.69) is 22.6 Å². The van der Waals surface area contributed by atoms with E-state index in [0.717, 1.165) is 34.9 Å². The second-order valence-electron chi connectivity index (χ2n) is 4.45. The van der Waals surface area contributed by atoms with Gasteiger partial charge in [-0.25, -0.2) is 0 Å². The average molecular weight is 361 g/mol. The van der Waals surface area contributed by atoms with Crippen LogP contribution in [-0.2, 0) is 0 Å². The van der Waals surface area contributed by atoms with Gasteiger partial charge in [0.15, 0.2) is 5.78 Å². The fourth-order valence-electron chi connectivity index (χ4n) is 1.72. The first-order valence-electron chi connectivity index (χ1n) is 6.21. The van der Waals surface area contributed by atoms with Crippen LogP contribution in [0, 0.1) is 3.57 Å². The molecule has 0 atom stereocenters. The Balaban J connectivity index is 2.33. The number of ketones is 1. The summed E-state index contributed by atoms with van der Waals surface area (Å²) in [6, 6.07) is 7.66. The number of aliphatic hydroxyl groups excluding tert-OH is 1. The molecule has 1 aromatic carbocycles. The highest BCUT2D eigenvalue weighted by molar-refractivity contribution is 14.1. The van der Waals surface area contributed by atoms with Crippen LogP contribution in [0.5, 0.6) is 0 Å².